The van der Waals surface area contributed by atoms with E-state index in [0.717, 1.165) is 6.42 Å². The zero-order valence-electron chi connectivity index (χ0n) is 18.7. The molecule has 3 N–H and O–H groups in total. The van der Waals surface area contributed by atoms with Crippen LogP contribution in [0.25, 0.3) is 11.4 Å². The van der Waals surface area contributed by atoms with E-state index in [1.165, 1.54) is 0 Å². The number of aromatic amines is 1. The van der Waals surface area contributed by atoms with Crippen LogP contribution in [0.2, 0.25) is 0 Å². The van der Waals surface area contributed by atoms with Gasteiger partial charge < -0.3 is 20.1 Å². The maximum absolute atomic E-state index is 12.8. The molecule has 2 aromatic rings. The fourth-order valence-corrected chi connectivity index (χ4v) is 3.26. The molecular weight excluding hydrogens is 398 g/mol. The molecule has 31 heavy (non-hydrogen) atoms. The van der Waals surface area contributed by atoms with E-state index in [9.17, 15) is 19.5 Å². The van der Waals surface area contributed by atoms with E-state index in [1.807, 2.05) is 20.8 Å². The normalized spacial score (nSPS) is 11.9. The van der Waals surface area contributed by atoms with Crippen LogP contribution in [0.3, 0.4) is 0 Å². The number of nitrogens with zero attached hydrogens (tertiary/aromatic N) is 1. The van der Waals surface area contributed by atoms with Crippen LogP contribution in [-0.4, -0.2) is 39.6 Å². The minimum atomic E-state index is -1.10. The van der Waals surface area contributed by atoms with Gasteiger partial charge in [0.05, 0.1) is 17.9 Å². The Balaban J connectivity index is 2.55. The van der Waals surface area contributed by atoms with Crippen LogP contribution < -0.4 is 15.6 Å². The summed E-state index contributed by atoms with van der Waals surface area (Å²) >= 11 is 0. The van der Waals surface area contributed by atoms with Gasteiger partial charge in [0.1, 0.15) is 17.6 Å². The molecule has 8 nitrogen and oxygen atoms in total. The lowest BCUT2D eigenvalue weighted by atomic mass is 10.0. The summed E-state index contributed by atoms with van der Waals surface area (Å²) in [5.41, 5.74) is 1.85. The lowest BCUT2D eigenvalue weighted by Gasteiger charge is -2.19. The maximum Gasteiger partial charge on any atom is 0.326 e. The minimum Gasteiger partial charge on any atom is -0.493 e. The molecule has 2 rings (SSSR count). The van der Waals surface area contributed by atoms with Crippen LogP contribution in [-0.2, 0) is 17.6 Å². The number of aliphatic carboxylic acids is 1. The Kier molecular flexibility index (Phi) is 8.36. The van der Waals surface area contributed by atoms with Gasteiger partial charge in [0.2, 0.25) is 0 Å². The third-order valence-corrected chi connectivity index (χ3v) is 4.97. The highest BCUT2D eigenvalue weighted by molar-refractivity contribution is 5.98. The second kappa shape index (κ2) is 10.7. The van der Waals surface area contributed by atoms with E-state index in [0.29, 0.717) is 47.8 Å². The predicted molar refractivity (Wildman–Crippen MR) is 119 cm³/mol. The van der Waals surface area contributed by atoms with Crippen LogP contribution in [0.5, 0.6) is 5.75 Å². The van der Waals surface area contributed by atoms with Gasteiger partial charge >= 0.3 is 5.97 Å². The van der Waals surface area contributed by atoms with Gasteiger partial charge in [0, 0.05) is 11.1 Å². The fourth-order valence-electron chi connectivity index (χ4n) is 3.26. The van der Waals surface area contributed by atoms with Crippen molar-refractivity contribution < 1.29 is 19.4 Å². The number of ether oxygens (including phenoxy) is 1. The molecule has 0 radical (unpaired) electrons. The fraction of sp³-hybridized carbons (Fsp3) is 0.478. The van der Waals surface area contributed by atoms with Crippen molar-refractivity contribution in [3.8, 4) is 17.1 Å². The van der Waals surface area contributed by atoms with Crippen molar-refractivity contribution in [3.05, 3.63) is 45.4 Å². The molecular formula is C23H31N3O5. The molecule has 0 aliphatic rings. The summed E-state index contributed by atoms with van der Waals surface area (Å²) in [6.45, 7) is 9.72. The second-order valence-corrected chi connectivity index (χ2v) is 7.64. The lowest BCUT2D eigenvalue weighted by molar-refractivity contribution is -0.140. The molecule has 1 heterocycles. The van der Waals surface area contributed by atoms with Gasteiger partial charge in [-0.05, 0) is 43.4 Å². The van der Waals surface area contributed by atoms with Gasteiger partial charge in [0.25, 0.3) is 11.5 Å². The Morgan fingerprint density at radius 3 is 2.45 bits per heavy atom. The Bertz CT molecular complexity index is 997. The molecule has 0 spiro atoms. The molecule has 0 saturated heterocycles. The number of rotatable bonds is 10. The van der Waals surface area contributed by atoms with E-state index in [-0.39, 0.29) is 17.0 Å². The average molecular weight is 430 g/mol. The van der Waals surface area contributed by atoms with Crippen molar-refractivity contribution >= 4 is 11.9 Å². The number of carboxylic acids is 1. The van der Waals surface area contributed by atoms with Gasteiger partial charge in [-0.15, -0.1) is 0 Å². The number of aromatic nitrogens is 2. The first-order valence-corrected chi connectivity index (χ1v) is 10.7. The highest BCUT2D eigenvalue weighted by Gasteiger charge is 2.25. The number of amides is 1. The summed E-state index contributed by atoms with van der Waals surface area (Å²) in [7, 11) is 0. The molecule has 0 aliphatic heterocycles. The first-order valence-electron chi connectivity index (χ1n) is 10.7. The summed E-state index contributed by atoms with van der Waals surface area (Å²) < 4.78 is 5.82. The highest BCUT2D eigenvalue weighted by atomic mass is 16.5. The van der Waals surface area contributed by atoms with Crippen LogP contribution >= 0.6 is 0 Å². The van der Waals surface area contributed by atoms with Gasteiger partial charge in [-0.2, -0.15) is 0 Å². The minimum absolute atomic E-state index is 0.216. The van der Waals surface area contributed by atoms with E-state index < -0.39 is 17.9 Å². The topological polar surface area (TPSA) is 121 Å². The summed E-state index contributed by atoms with van der Waals surface area (Å²) in [5, 5.41) is 11.9. The van der Waals surface area contributed by atoms with E-state index >= 15 is 0 Å². The molecule has 1 amide bonds. The number of benzene rings is 1. The second-order valence-electron chi connectivity index (χ2n) is 7.64. The third kappa shape index (κ3) is 5.71. The van der Waals surface area contributed by atoms with Crippen molar-refractivity contribution in [1.29, 1.82) is 0 Å². The molecule has 0 bridgehead atoms. The molecule has 1 unspecified atom stereocenters. The first kappa shape index (κ1) is 24.1. The number of nitrogens with one attached hydrogen (secondary N) is 2. The standard InChI is InChI=1S/C23H31N3O5/c1-6-11-31-18-10-9-14(21(27)25-19(13(4)5)23(29)30)12-16(18)20-24-17(8-3)15(7-2)22(28)26-20/h9-10,12-13,19H,6-8,11H2,1-5H3,(H,25,27)(H,29,30)(H,24,26,28). The zero-order valence-corrected chi connectivity index (χ0v) is 18.7. The van der Waals surface area contributed by atoms with Crippen LogP contribution in [0.4, 0.5) is 0 Å². The van der Waals surface area contributed by atoms with Crippen molar-refractivity contribution in [1.82, 2.24) is 15.3 Å². The van der Waals surface area contributed by atoms with Gasteiger partial charge in [-0.25, -0.2) is 9.78 Å². The monoisotopic (exact) mass is 429 g/mol. The smallest absolute Gasteiger partial charge is 0.326 e. The Labute approximate surface area is 182 Å². The van der Waals surface area contributed by atoms with Gasteiger partial charge in [-0.1, -0.05) is 34.6 Å². The summed E-state index contributed by atoms with van der Waals surface area (Å²) in [4.78, 5) is 44.2. The Morgan fingerprint density at radius 1 is 1.19 bits per heavy atom. The van der Waals surface area contributed by atoms with Crippen molar-refractivity contribution in [2.24, 2.45) is 5.92 Å². The molecule has 0 saturated carbocycles. The number of hydrogen-bond acceptors (Lipinski definition) is 5. The molecule has 0 aliphatic carbocycles. The van der Waals surface area contributed by atoms with E-state index in [4.69, 9.17) is 4.74 Å². The number of carbonyl (C=O) groups is 2. The maximum atomic E-state index is 12.8. The summed E-state index contributed by atoms with van der Waals surface area (Å²) in [6.07, 6.45) is 1.95. The number of H-pyrrole nitrogens is 1. The summed E-state index contributed by atoms with van der Waals surface area (Å²) in [6, 6.07) is 3.77. The zero-order chi connectivity index (χ0) is 23.1. The molecule has 1 aromatic carbocycles. The van der Waals surface area contributed by atoms with E-state index in [1.54, 1.807) is 32.0 Å². The predicted octanol–water partition coefficient (Wildman–Crippen LogP) is 3.19. The highest BCUT2D eigenvalue weighted by Crippen LogP contribution is 2.29. The van der Waals surface area contributed by atoms with Crippen LogP contribution in [0, 0.1) is 5.92 Å². The molecule has 1 aromatic heterocycles. The molecule has 168 valence electrons. The average Bonchev–Trinajstić information content (AvgIpc) is 2.74. The molecule has 8 heteroatoms. The van der Waals surface area contributed by atoms with Crippen LogP contribution in [0.1, 0.15) is 62.7 Å². The quantitative estimate of drug-likeness (QED) is 0.533. The van der Waals surface area contributed by atoms with Crippen molar-refractivity contribution in [3.63, 3.8) is 0 Å². The first-order chi connectivity index (χ1) is 14.7. The van der Waals surface area contributed by atoms with Crippen LogP contribution in [0.15, 0.2) is 23.0 Å². The largest absolute Gasteiger partial charge is 0.493 e. The van der Waals surface area contributed by atoms with Gasteiger partial charge in [0.15, 0.2) is 0 Å². The third-order valence-electron chi connectivity index (χ3n) is 4.97. The number of aryl methyl sites for hydroxylation is 1. The molecule has 1 atom stereocenters. The van der Waals surface area contributed by atoms with Crippen molar-refractivity contribution in [2.75, 3.05) is 6.61 Å². The number of carbonyl (C=O) groups excluding carboxylic acids is 1. The molecule has 0 fully saturated rings. The van der Waals surface area contributed by atoms with E-state index in [2.05, 4.69) is 15.3 Å². The van der Waals surface area contributed by atoms with Crippen molar-refractivity contribution in [2.45, 2.75) is 59.9 Å². The SMILES string of the molecule is CCCOc1ccc(C(=O)NC(C(=O)O)C(C)C)cc1-c1nc(CC)c(CC)c(=O)[nH]1. The van der Waals surface area contributed by atoms with Gasteiger partial charge in [-0.3, -0.25) is 9.59 Å². The Morgan fingerprint density at radius 2 is 1.90 bits per heavy atom. The number of carboxylic acid groups (broad SMARTS) is 1. The summed E-state index contributed by atoms with van der Waals surface area (Å²) in [5.74, 6) is -1.09. The number of hydrogen-bond donors (Lipinski definition) is 3. The lowest BCUT2D eigenvalue weighted by Crippen LogP contribution is -2.44. The Hall–Kier alpha value is -3.16.